The van der Waals surface area contributed by atoms with E-state index in [0.717, 1.165) is 23.3 Å². The minimum atomic E-state index is 0.736. The number of rotatable bonds is 4. The van der Waals surface area contributed by atoms with E-state index in [9.17, 15) is 0 Å². The quantitative estimate of drug-likeness (QED) is 0.930. The van der Waals surface area contributed by atoms with Crippen molar-refractivity contribution in [2.45, 2.75) is 13.1 Å². The molecule has 0 saturated carbocycles. The Morgan fingerprint density at radius 3 is 2.94 bits per heavy atom. The standard InChI is InChI=1S/C11H13BrN4/c1-16-8-11(14-15-16)7-13-6-9-3-2-4-10(12)5-9/h2-5,8,13H,6-7H2,1H3. The highest BCUT2D eigenvalue weighted by molar-refractivity contribution is 9.10. The molecule has 1 aromatic heterocycles. The lowest BCUT2D eigenvalue weighted by Crippen LogP contribution is -2.12. The lowest BCUT2D eigenvalue weighted by molar-refractivity contribution is 0.673. The maximum absolute atomic E-state index is 4.01. The summed E-state index contributed by atoms with van der Waals surface area (Å²) in [6, 6.07) is 8.24. The van der Waals surface area contributed by atoms with Crippen LogP contribution in [0, 0.1) is 0 Å². The van der Waals surface area contributed by atoms with Gasteiger partial charge in [-0.2, -0.15) is 0 Å². The molecule has 0 fully saturated rings. The summed E-state index contributed by atoms with van der Waals surface area (Å²) in [5.74, 6) is 0. The van der Waals surface area contributed by atoms with Crippen LogP contribution in [0.2, 0.25) is 0 Å². The summed E-state index contributed by atoms with van der Waals surface area (Å²) in [5, 5.41) is 11.2. The van der Waals surface area contributed by atoms with Gasteiger partial charge in [0.1, 0.15) is 0 Å². The van der Waals surface area contributed by atoms with Crippen molar-refractivity contribution in [2.75, 3.05) is 0 Å². The minimum absolute atomic E-state index is 0.736. The molecule has 84 valence electrons. The van der Waals surface area contributed by atoms with Crippen LogP contribution in [0.15, 0.2) is 34.9 Å². The third kappa shape index (κ3) is 3.15. The average molecular weight is 281 g/mol. The van der Waals surface area contributed by atoms with Gasteiger partial charge in [0.25, 0.3) is 0 Å². The lowest BCUT2D eigenvalue weighted by atomic mass is 10.2. The Balaban J connectivity index is 1.84. The van der Waals surface area contributed by atoms with Crippen LogP contribution in [0.1, 0.15) is 11.3 Å². The molecule has 0 aliphatic carbocycles. The van der Waals surface area contributed by atoms with Crippen LogP contribution in [-0.4, -0.2) is 15.0 Å². The number of aryl methyl sites for hydroxylation is 1. The number of nitrogens with zero attached hydrogens (tertiary/aromatic N) is 3. The van der Waals surface area contributed by atoms with E-state index in [4.69, 9.17) is 0 Å². The third-order valence-electron chi connectivity index (χ3n) is 2.17. The Hall–Kier alpha value is -1.20. The largest absolute Gasteiger partial charge is 0.307 e. The zero-order valence-corrected chi connectivity index (χ0v) is 10.6. The van der Waals surface area contributed by atoms with Gasteiger partial charge in [0.2, 0.25) is 0 Å². The molecule has 2 aromatic rings. The van der Waals surface area contributed by atoms with Gasteiger partial charge in [0.15, 0.2) is 0 Å². The summed E-state index contributed by atoms with van der Waals surface area (Å²) < 4.78 is 2.81. The van der Waals surface area contributed by atoms with Crippen LogP contribution >= 0.6 is 15.9 Å². The summed E-state index contributed by atoms with van der Waals surface area (Å²) in [7, 11) is 1.87. The highest BCUT2D eigenvalue weighted by atomic mass is 79.9. The zero-order chi connectivity index (χ0) is 11.4. The Labute approximate surface area is 103 Å². The Bertz CT molecular complexity index is 467. The Morgan fingerprint density at radius 2 is 2.25 bits per heavy atom. The van der Waals surface area contributed by atoms with E-state index in [1.165, 1.54) is 5.56 Å². The molecule has 2 rings (SSSR count). The fourth-order valence-electron chi connectivity index (χ4n) is 1.46. The van der Waals surface area contributed by atoms with E-state index >= 15 is 0 Å². The first-order valence-corrected chi connectivity index (χ1v) is 5.84. The van der Waals surface area contributed by atoms with Gasteiger partial charge < -0.3 is 5.32 Å². The van der Waals surface area contributed by atoms with Gasteiger partial charge in [-0.1, -0.05) is 33.3 Å². The molecule has 4 nitrogen and oxygen atoms in total. The predicted octanol–water partition coefficient (Wildman–Crippen LogP) is 1.87. The maximum atomic E-state index is 4.01. The van der Waals surface area contributed by atoms with Crippen molar-refractivity contribution in [3.05, 3.63) is 46.2 Å². The van der Waals surface area contributed by atoms with Crippen LogP contribution in [0.4, 0.5) is 0 Å². The number of halogens is 1. The van der Waals surface area contributed by atoms with Crippen molar-refractivity contribution < 1.29 is 0 Å². The molecule has 1 aromatic carbocycles. The van der Waals surface area contributed by atoms with Crippen molar-refractivity contribution in [1.29, 1.82) is 0 Å². The second-order valence-corrected chi connectivity index (χ2v) is 4.53. The monoisotopic (exact) mass is 280 g/mol. The molecular weight excluding hydrogens is 268 g/mol. The first-order valence-electron chi connectivity index (χ1n) is 5.04. The number of aromatic nitrogens is 3. The number of benzene rings is 1. The maximum Gasteiger partial charge on any atom is 0.0964 e. The second kappa shape index (κ2) is 5.23. The summed E-state index contributed by atoms with van der Waals surface area (Å²) in [4.78, 5) is 0. The summed E-state index contributed by atoms with van der Waals surface area (Å²) >= 11 is 3.45. The molecular formula is C11H13BrN4. The van der Waals surface area contributed by atoms with Crippen molar-refractivity contribution in [3.63, 3.8) is 0 Å². The van der Waals surface area contributed by atoms with Gasteiger partial charge in [-0.25, -0.2) is 0 Å². The average Bonchev–Trinajstić information content (AvgIpc) is 2.64. The molecule has 0 unspecified atom stereocenters. The smallest absolute Gasteiger partial charge is 0.0964 e. The van der Waals surface area contributed by atoms with Gasteiger partial charge in [-0.15, -0.1) is 5.10 Å². The van der Waals surface area contributed by atoms with Crippen molar-refractivity contribution >= 4 is 15.9 Å². The molecule has 0 atom stereocenters. The Kier molecular flexibility index (Phi) is 3.69. The first kappa shape index (κ1) is 11.3. The molecule has 0 aliphatic heterocycles. The summed E-state index contributed by atoms with van der Waals surface area (Å²) in [5.41, 5.74) is 2.20. The number of hydrogen-bond donors (Lipinski definition) is 1. The van der Waals surface area contributed by atoms with Crippen LogP contribution in [0.3, 0.4) is 0 Å². The highest BCUT2D eigenvalue weighted by Crippen LogP contribution is 2.11. The predicted molar refractivity (Wildman–Crippen MR) is 65.7 cm³/mol. The van der Waals surface area contributed by atoms with E-state index in [1.807, 2.05) is 25.4 Å². The molecule has 0 radical (unpaired) electrons. The molecule has 5 heteroatoms. The molecule has 0 aliphatic rings. The van der Waals surface area contributed by atoms with E-state index in [1.54, 1.807) is 4.68 Å². The van der Waals surface area contributed by atoms with Gasteiger partial charge >= 0.3 is 0 Å². The molecule has 0 bridgehead atoms. The van der Waals surface area contributed by atoms with Crippen molar-refractivity contribution in [3.8, 4) is 0 Å². The summed E-state index contributed by atoms with van der Waals surface area (Å²) in [6.45, 7) is 1.57. The van der Waals surface area contributed by atoms with E-state index in [2.05, 4.69) is 43.7 Å². The number of nitrogens with one attached hydrogen (secondary N) is 1. The lowest BCUT2D eigenvalue weighted by Gasteiger charge is -2.02. The topological polar surface area (TPSA) is 42.7 Å². The van der Waals surface area contributed by atoms with E-state index in [0.29, 0.717) is 0 Å². The van der Waals surface area contributed by atoms with E-state index in [-0.39, 0.29) is 0 Å². The molecule has 0 saturated heterocycles. The zero-order valence-electron chi connectivity index (χ0n) is 9.02. The highest BCUT2D eigenvalue weighted by Gasteiger charge is 1.98. The number of hydrogen-bond acceptors (Lipinski definition) is 3. The van der Waals surface area contributed by atoms with Gasteiger partial charge in [0, 0.05) is 30.8 Å². The Morgan fingerprint density at radius 1 is 1.38 bits per heavy atom. The van der Waals surface area contributed by atoms with Crippen LogP contribution in [0.25, 0.3) is 0 Å². The first-order chi connectivity index (χ1) is 7.74. The van der Waals surface area contributed by atoms with Crippen LogP contribution < -0.4 is 5.32 Å². The molecule has 0 amide bonds. The third-order valence-corrected chi connectivity index (χ3v) is 2.67. The van der Waals surface area contributed by atoms with Gasteiger partial charge in [-0.3, -0.25) is 4.68 Å². The minimum Gasteiger partial charge on any atom is -0.307 e. The molecule has 0 spiro atoms. The van der Waals surface area contributed by atoms with E-state index < -0.39 is 0 Å². The summed E-state index contributed by atoms with van der Waals surface area (Å²) in [6.07, 6.45) is 1.91. The van der Waals surface area contributed by atoms with Crippen molar-refractivity contribution in [1.82, 2.24) is 20.3 Å². The van der Waals surface area contributed by atoms with Crippen molar-refractivity contribution in [2.24, 2.45) is 7.05 Å². The molecule has 16 heavy (non-hydrogen) atoms. The van der Waals surface area contributed by atoms with Crippen LogP contribution in [0.5, 0.6) is 0 Å². The second-order valence-electron chi connectivity index (χ2n) is 3.62. The molecule has 1 N–H and O–H groups in total. The normalized spacial score (nSPS) is 10.6. The SMILES string of the molecule is Cn1cc(CNCc2cccc(Br)c2)nn1. The van der Waals surface area contributed by atoms with Gasteiger partial charge in [-0.05, 0) is 17.7 Å². The van der Waals surface area contributed by atoms with Crippen LogP contribution in [-0.2, 0) is 20.1 Å². The van der Waals surface area contributed by atoms with Gasteiger partial charge in [0.05, 0.1) is 5.69 Å². The fraction of sp³-hybridized carbons (Fsp3) is 0.273. The fourth-order valence-corrected chi connectivity index (χ4v) is 1.90. The molecule has 1 heterocycles.